The molecule has 2 heterocycles. The lowest BCUT2D eigenvalue weighted by Crippen LogP contribution is -2.50. The molecule has 0 aliphatic carbocycles. The molecule has 3 rings (SSSR count). The number of ether oxygens (including phenoxy) is 1. The van der Waals surface area contributed by atoms with Gasteiger partial charge >= 0.3 is 5.97 Å². The van der Waals surface area contributed by atoms with Gasteiger partial charge in [0, 0.05) is 11.7 Å². The highest BCUT2D eigenvalue weighted by Crippen LogP contribution is 2.42. The van der Waals surface area contributed by atoms with Gasteiger partial charge in [-0.05, 0) is 31.4 Å². The normalized spacial score (nSPS) is 33.3. The van der Waals surface area contributed by atoms with Crippen molar-refractivity contribution in [2.75, 3.05) is 12.0 Å². The smallest absolute Gasteiger partial charge is 0.310 e. The fraction of sp³-hybridized carbons (Fsp3) is 0.533. The van der Waals surface area contributed by atoms with Crippen LogP contribution < -0.4 is 4.90 Å². The minimum absolute atomic E-state index is 0.145. The largest absolute Gasteiger partial charge is 0.469 e. The Kier molecular flexibility index (Phi) is 3.19. The van der Waals surface area contributed by atoms with Crippen LogP contribution >= 0.6 is 0 Å². The van der Waals surface area contributed by atoms with E-state index in [1.165, 1.54) is 7.11 Å². The zero-order valence-electron chi connectivity index (χ0n) is 11.0. The van der Waals surface area contributed by atoms with Gasteiger partial charge in [-0.15, -0.1) is 0 Å². The number of carbonyl (C=O) groups excluding carboxylic acids is 1. The molecule has 2 aliphatic heterocycles. The van der Waals surface area contributed by atoms with Crippen molar-refractivity contribution in [2.45, 2.75) is 37.5 Å². The Morgan fingerprint density at radius 3 is 2.74 bits per heavy atom. The number of para-hydroxylation sites is 1. The fourth-order valence-electron chi connectivity index (χ4n) is 3.61. The van der Waals surface area contributed by atoms with Crippen molar-refractivity contribution in [3.8, 4) is 0 Å². The molecular formula is C15H19NO3. The first-order chi connectivity index (χ1) is 9.22. The lowest BCUT2D eigenvalue weighted by Gasteiger charge is -2.40. The molecule has 2 saturated heterocycles. The first-order valence-corrected chi connectivity index (χ1v) is 6.81. The van der Waals surface area contributed by atoms with E-state index in [0.29, 0.717) is 6.04 Å². The number of benzene rings is 1. The summed E-state index contributed by atoms with van der Waals surface area (Å²) < 4.78 is 4.90. The van der Waals surface area contributed by atoms with Gasteiger partial charge in [-0.3, -0.25) is 4.79 Å². The zero-order valence-corrected chi connectivity index (χ0v) is 11.0. The van der Waals surface area contributed by atoms with Crippen LogP contribution in [0.2, 0.25) is 0 Å². The van der Waals surface area contributed by atoms with Gasteiger partial charge in [0.25, 0.3) is 0 Å². The Labute approximate surface area is 113 Å². The van der Waals surface area contributed by atoms with Crippen molar-refractivity contribution in [2.24, 2.45) is 5.92 Å². The molecular weight excluding hydrogens is 242 g/mol. The zero-order chi connectivity index (χ0) is 13.4. The predicted molar refractivity (Wildman–Crippen MR) is 71.9 cm³/mol. The van der Waals surface area contributed by atoms with Gasteiger partial charge in [0.2, 0.25) is 0 Å². The second kappa shape index (κ2) is 4.85. The lowest BCUT2D eigenvalue weighted by atomic mass is 9.89. The van der Waals surface area contributed by atoms with Crippen LogP contribution in [0.15, 0.2) is 30.3 Å². The number of esters is 1. The first kappa shape index (κ1) is 12.5. The third-order valence-electron chi connectivity index (χ3n) is 4.40. The summed E-state index contributed by atoms with van der Waals surface area (Å²) in [5.74, 6) is -0.427. The maximum absolute atomic E-state index is 11.9. The monoisotopic (exact) mass is 261 g/mol. The minimum Gasteiger partial charge on any atom is -0.469 e. The van der Waals surface area contributed by atoms with Crippen LogP contribution in [0.1, 0.15) is 19.3 Å². The van der Waals surface area contributed by atoms with E-state index in [2.05, 4.69) is 4.90 Å². The number of nitrogens with zero attached hydrogens (tertiary/aromatic N) is 1. The lowest BCUT2D eigenvalue weighted by molar-refractivity contribution is -0.147. The molecule has 4 atom stereocenters. The molecule has 2 fully saturated rings. The van der Waals surface area contributed by atoms with Crippen molar-refractivity contribution in [1.29, 1.82) is 0 Å². The molecule has 1 aromatic rings. The maximum Gasteiger partial charge on any atom is 0.310 e. The number of carbonyl (C=O) groups is 1. The summed E-state index contributed by atoms with van der Waals surface area (Å²) in [5, 5.41) is 10.3. The van der Waals surface area contributed by atoms with Crippen molar-refractivity contribution < 1.29 is 14.6 Å². The number of piperidine rings is 1. The van der Waals surface area contributed by atoms with Gasteiger partial charge in [-0.2, -0.15) is 0 Å². The van der Waals surface area contributed by atoms with Crippen LogP contribution in [0.4, 0.5) is 5.69 Å². The van der Waals surface area contributed by atoms with E-state index >= 15 is 0 Å². The Bertz CT molecular complexity index is 462. The quantitative estimate of drug-likeness (QED) is 0.821. The second-order valence-electron chi connectivity index (χ2n) is 5.40. The molecule has 4 unspecified atom stereocenters. The maximum atomic E-state index is 11.9. The van der Waals surface area contributed by atoms with E-state index in [1.54, 1.807) is 0 Å². The van der Waals surface area contributed by atoms with Gasteiger partial charge in [0.05, 0.1) is 25.2 Å². The Morgan fingerprint density at radius 2 is 2.05 bits per heavy atom. The summed E-state index contributed by atoms with van der Waals surface area (Å²) >= 11 is 0. The summed E-state index contributed by atoms with van der Waals surface area (Å²) in [6.45, 7) is 0. The summed E-state index contributed by atoms with van der Waals surface area (Å²) in [5.41, 5.74) is 1.09. The van der Waals surface area contributed by atoms with Crippen molar-refractivity contribution in [1.82, 2.24) is 0 Å². The molecule has 0 spiro atoms. The Hall–Kier alpha value is -1.55. The Morgan fingerprint density at radius 1 is 1.32 bits per heavy atom. The molecule has 2 aliphatic rings. The molecule has 1 aromatic carbocycles. The van der Waals surface area contributed by atoms with E-state index in [4.69, 9.17) is 4.74 Å². The number of methoxy groups -OCH3 is 1. The topological polar surface area (TPSA) is 49.8 Å². The molecule has 0 aromatic heterocycles. The Balaban J connectivity index is 1.94. The highest BCUT2D eigenvalue weighted by Gasteiger charge is 2.50. The molecule has 2 bridgehead atoms. The van der Waals surface area contributed by atoms with Crippen LogP contribution in [-0.4, -0.2) is 36.4 Å². The van der Waals surface area contributed by atoms with Crippen LogP contribution in [0.3, 0.4) is 0 Å². The molecule has 102 valence electrons. The summed E-state index contributed by atoms with van der Waals surface area (Å²) in [4.78, 5) is 14.1. The van der Waals surface area contributed by atoms with Crippen molar-refractivity contribution in [3.05, 3.63) is 30.3 Å². The van der Waals surface area contributed by atoms with E-state index in [1.807, 2.05) is 30.3 Å². The number of fused-ring (bicyclic) bond motifs is 2. The number of aliphatic hydroxyl groups excluding tert-OH is 1. The third-order valence-corrected chi connectivity index (χ3v) is 4.40. The molecule has 0 amide bonds. The molecule has 1 N–H and O–H groups in total. The van der Waals surface area contributed by atoms with Crippen LogP contribution in [0.25, 0.3) is 0 Å². The predicted octanol–water partition coefficient (Wildman–Crippen LogP) is 1.58. The standard InChI is InChI=1S/C15H19NO3/c1-19-15(18)12-8-7-11-9-13(17)14(12)16(11)10-5-3-2-4-6-10/h2-6,11-14,17H,7-9H2,1H3. The van der Waals surface area contributed by atoms with Gasteiger partial charge in [-0.25, -0.2) is 0 Å². The van der Waals surface area contributed by atoms with Crippen LogP contribution in [-0.2, 0) is 9.53 Å². The summed E-state index contributed by atoms with van der Waals surface area (Å²) in [7, 11) is 1.42. The summed E-state index contributed by atoms with van der Waals surface area (Å²) in [6.07, 6.45) is 2.04. The molecule has 0 radical (unpaired) electrons. The van der Waals surface area contributed by atoms with E-state index in [-0.39, 0.29) is 17.9 Å². The average molecular weight is 261 g/mol. The van der Waals surface area contributed by atoms with E-state index in [9.17, 15) is 9.90 Å². The third kappa shape index (κ3) is 2.00. The number of aliphatic hydroxyl groups is 1. The van der Waals surface area contributed by atoms with Gasteiger partial charge in [0.1, 0.15) is 0 Å². The minimum atomic E-state index is -0.447. The highest BCUT2D eigenvalue weighted by atomic mass is 16.5. The van der Waals surface area contributed by atoms with Crippen molar-refractivity contribution >= 4 is 11.7 Å². The van der Waals surface area contributed by atoms with Gasteiger partial charge in [0.15, 0.2) is 0 Å². The molecule has 4 heteroatoms. The fourth-order valence-corrected chi connectivity index (χ4v) is 3.61. The molecule has 0 saturated carbocycles. The average Bonchev–Trinajstić information content (AvgIpc) is 2.68. The van der Waals surface area contributed by atoms with Gasteiger partial charge < -0.3 is 14.7 Å². The van der Waals surface area contributed by atoms with Crippen molar-refractivity contribution in [3.63, 3.8) is 0 Å². The van der Waals surface area contributed by atoms with Gasteiger partial charge in [-0.1, -0.05) is 18.2 Å². The SMILES string of the molecule is COC(=O)C1CCC2CC(O)C1N2c1ccccc1. The number of hydrogen-bond acceptors (Lipinski definition) is 4. The number of rotatable bonds is 2. The molecule has 19 heavy (non-hydrogen) atoms. The van der Waals surface area contributed by atoms with E-state index in [0.717, 1.165) is 24.9 Å². The van der Waals surface area contributed by atoms with Crippen LogP contribution in [0, 0.1) is 5.92 Å². The highest BCUT2D eigenvalue weighted by molar-refractivity contribution is 5.75. The summed E-state index contributed by atoms with van der Waals surface area (Å²) in [6, 6.07) is 10.2. The second-order valence-corrected chi connectivity index (χ2v) is 5.40. The van der Waals surface area contributed by atoms with E-state index < -0.39 is 6.10 Å². The number of hydrogen-bond donors (Lipinski definition) is 1. The molecule has 4 nitrogen and oxygen atoms in total. The first-order valence-electron chi connectivity index (χ1n) is 6.81. The number of anilines is 1. The van der Waals surface area contributed by atoms with Crippen LogP contribution in [0.5, 0.6) is 0 Å².